The number of aliphatic hydroxyl groups excluding tert-OH is 1. The van der Waals surface area contributed by atoms with Crippen LogP contribution >= 0.6 is 0 Å². The van der Waals surface area contributed by atoms with Crippen molar-refractivity contribution in [1.29, 1.82) is 0 Å². The third kappa shape index (κ3) is 3.37. The summed E-state index contributed by atoms with van der Waals surface area (Å²) in [6, 6.07) is 0. The van der Waals surface area contributed by atoms with E-state index in [9.17, 15) is 5.11 Å². The van der Waals surface area contributed by atoms with Crippen LogP contribution in [0.5, 0.6) is 0 Å². The summed E-state index contributed by atoms with van der Waals surface area (Å²) in [4.78, 5) is 0. The van der Waals surface area contributed by atoms with Crippen molar-refractivity contribution in [3.63, 3.8) is 0 Å². The van der Waals surface area contributed by atoms with Gasteiger partial charge in [0, 0.05) is 5.41 Å². The SMILES string of the molecule is CC(C)CCC[C@@H](C)[C@H]1CC[C@H]2C3=C(C=C[C@]12C)[C@@]1(C)C(O)CCC(C)(C)C1CC3. The van der Waals surface area contributed by atoms with Gasteiger partial charge in [0.1, 0.15) is 0 Å². The Bertz CT molecular complexity index is 712. The van der Waals surface area contributed by atoms with Gasteiger partial charge in [-0.2, -0.15) is 0 Å². The lowest BCUT2D eigenvalue weighted by molar-refractivity contribution is -0.0853. The lowest BCUT2D eigenvalue weighted by Gasteiger charge is -2.59. The van der Waals surface area contributed by atoms with Crippen molar-refractivity contribution in [3.8, 4) is 0 Å². The first-order valence-electron chi connectivity index (χ1n) is 13.1. The van der Waals surface area contributed by atoms with Gasteiger partial charge in [-0.05, 0) is 84.5 Å². The minimum atomic E-state index is -0.179. The highest BCUT2D eigenvalue weighted by molar-refractivity contribution is 5.45. The van der Waals surface area contributed by atoms with Gasteiger partial charge in [0.2, 0.25) is 0 Å². The first-order valence-corrected chi connectivity index (χ1v) is 13.1. The second kappa shape index (κ2) is 7.79. The zero-order valence-electron chi connectivity index (χ0n) is 20.9. The van der Waals surface area contributed by atoms with Crippen molar-refractivity contribution in [2.45, 2.75) is 112 Å². The molecule has 0 aromatic rings. The van der Waals surface area contributed by atoms with Crippen LogP contribution in [0.15, 0.2) is 23.3 Å². The first-order chi connectivity index (χ1) is 14.0. The fourth-order valence-corrected chi connectivity index (χ4v) is 8.74. The van der Waals surface area contributed by atoms with Gasteiger partial charge in [-0.25, -0.2) is 0 Å². The third-order valence-corrected chi connectivity index (χ3v) is 10.5. The Labute approximate surface area is 186 Å². The molecule has 0 heterocycles. The van der Waals surface area contributed by atoms with E-state index in [1.807, 2.05) is 0 Å². The molecule has 0 amide bonds. The fraction of sp³-hybridized carbons (Fsp3) is 0.862. The van der Waals surface area contributed by atoms with Crippen LogP contribution in [-0.2, 0) is 0 Å². The second-order valence-electron chi connectivity index (χ2n) is 13.1. The molecule has 2 saturated carbocycles. The van der Waals surface area contributed by atoms with E-state index in [1.165, 1.54) is 44.9 Å². The van der Waals surface area contributed by atoms with Crippen molar-refractivity contribution in [1.82, 2.24) is 0 Å². The Hall–Kier alpha value is -0.560. The molecule has 30 heavy (non-hydrogen) atoms. The Morgan fingerprint density at radius 2 is 1.73 bits per heavy atom. The normalized spacial score (nSPS) is 43.4. The highest BCUT2D eigenvalue weighted by Crippen LogP contribution is 2.66. The summed E-state index contributed by atoms with van der Waals surface area (Å²) in [6.07, 6.45) is 16.5. The quantitative estimate of drug-likeness (QED) is 0.486. The monoisotopic (exact) mass is 412 g/mol. The van der Waals surface area contributed by atoms with E-state index in [0.29, 0.717) is 22.7 Å². The van der Waals surface area contributed by atoms with E-state index in [-0.39, 0.29) is 11.5 Å². The average Bonchev–Trinajstić information content (AvgIpc) is 3.02. The predicted molar refractivity (Wildman–Crippen MR) is 128 cm³/mol. The lowest BCUT2D eigenvalue weighted by atomic mass is 9.47. The molecule has 1 N–H and O–H groups in total. The molecule has 4 aliphatic rings. The van der Waals surface area contributed by atoms with Crippen LogP contribution in [0.2, 0.25) is 0 Å². The van der Waals surface area contributed by atoms with Crippen LogP contribution in [0.25, 0.3) is 0 Å². The molecule has 0 radical (unpaired) electrons. The Balaban J connectivity index is 1.60. The topological polar surface area (TPSA) is 20.2 Å². The molecule has 1 nitrogen and oxygen atoms in total. The molecule has 0 aliphatic heterocycles. The maximum atomic E-state index is 11.3. The fourth-order valence-electron chi connectivity index (χ4n) is 8.74. The number of allylic oxidation sites excluding steroid dienone is 3. The molecular formula is C29H48O. The standard InChI is InChI=1S/C29H48O/c1-19(2)9-8-10-20(3)22-12-13-23-21-11-14-25-27(4,5)17-16-26(30)29(25,7)24(21)15-18-28(22,23)6/h15,18-20,22-23,25-26,30H,8-14,16-17H2,1-7H3/t20-,22-,23+,25?,26?,28-,29-/m1/s1. The number of hydrogen-bond acceptors (Lipinski definition) is 1. The van der Waals surface area contributed by atoms with Crippen LogP contribution in [0, 0.1) is 45.8 Å². The third-order valence-electron chi connectivity index (χ3n) is 10.5. The Morgan fingerprint density at radius 1 is 1.00 bits per heavy atom. The van der Waals surface area contributed by atoms with Gasteiger partial charge in [0.15, 0.2) is 0 Å². The van der Waals surface area contributed by atoms with Crippen molar-refractivity contribution < 1.29 is 5.11 Å². The highest BCUT2D eigenvalue weighted by atomic mass is 16.3. The maximum Gasteiger partial charge on any atom is 0.0637 e. The van der Waals surface area contributed by atoms with Gasteiger partial charge < -0.3 is 5.11 Å². The molecule has 2 unspecified atom stereocenters. The molecule has 4 rings (SSSR count). The molecular weight excluding hydrogens is 364 g/mol. The molecule has 0 saturated heterocycles. The van der Waals surface area contributed by atoms with Gasteiger partial charge in [-0.15, -0.1) is 0 Å². The van der Waals surface area contributed by atoms with Crippen molar-refractivity contribution in [2.75, 3.05) is 0 Å². The van der Waals surface area contributed by atoms with Gasteiger partial charge in [0.25, 0.3) is 0 Å². The molecule has 4 aliphatic carbocycles. The minimum Gasteiger partial charge on any atom is -0.392 e. The van der Waals surface area contributed by atoms with Gasteiger partial charge in [-0.3, -0.25) is 0 Å². The largest absolute Gasteiger partial charge is 0.392 e. The summed E-state index contributed by atoms with van der Waals surface area (Å²) >= 11 is 0. The van der Waals surface area contributed by atoms with Crippen LogP contribution in [0.4, 0.5) is 0 Å². The summed E-state index contributed by atoms with van der Waals surface area (Å²) in [6.45, 7) is 17.1. The van der Waals surface area contributed by atoms with Crippen LogP contribution in [0.3, 0.4) is 0 Å². The van der Waals surface area contributed by atoms with Crippen molar-refractivity contribution in [3.05, 3.63) is 23.3 Å². The average molecular weight is 413 g/mol. The molecule has 1 heteroatoms. The predicted octanol–water partition coefficient (Wildman–Crippen LogP) is 7.94. The summed E-state index contributed by atoms with van der Waals surface area (Å²) in [5, 5.41) is 11.3. The molecule has 170 valence electrons. The molecule has 2 fully saturated rings. The van der Waals surface area contributed by atoms with Gasteiger partial charge in [0.05, 0.1) is 6.10 Å². The number of hydrogen-bond donors (Lipinski definition) is 1. The zero-order valence-corrected chi connectivity index (χ0v) is 20.9. The first kappa shape index (κ1) is 22.6. The number of rotatable bonds is 5. The Kier molecular flexibility index (Phi) is 5.87. The van der Waals surface area contributed by atoms with Crippen LogP contribution in [-0.4, -0.2) is 11.2 Å². The van der Waals surface area contributed by atoms with Gasteiger partial charge >= 0.3 is 0 Å². The zero-order chi connectivity index (χ0) is 21.9. The molecule has 0 bridgehead atoms. The minimum absolute atomic E-state index is 0.0475. The number of aliphatic hydroxyl groups is 1. The van der Waals surface area contributed by atoms with E-state index < -0.39 is 0 Å². The van der Waals surface area contributed by atoms with E-state index in [0.717, 1.165) is 30.6 Å². The summed E-state index contributed by atoms with van der Waals surface area (Å²) < 4.78 is 0. The van der Waals surface area contributed by atoms with Crippen LogP contribution in [0.1, 0.15) is 106 Å². The van der Waals surface area contributed by atoms with Crippen LogP contribution < -0.4 is 0 Å². The molecule has 0 aromatic heterocycles. The second-order valence-corrected chi connectivity index (χ2v) is 13.1. The smallest absolute Gasteiger partial charge is 0.0637 e. The molecule has 7 atom stereocenters. The van der Waals surface area contributed by atoms with Crippen molar-refractivity contribution in [2.24, 2.45) is 45.8 Å². The van der Waals surface area contributed by atoms with E-state index >= 15 is 0 Å². The maximum absolute atomic E-state index is 11.3. The van der Waals surface area contributed by atoms with E-state index in [2.05, 4.69) is 60.6 Å². The van der Waals surface area contributed by atoms with E-state index in [1.54, 1.807) is 11.1 Å². The Morgan fingerprint density at radius 3 is 2.43 bits per heavy atom. The van der Waals surface area contributed by atoms with Crippen molar-refractivity contribution >= 4 is 0 Å². The van der Waals surface area contributed by atoms with E-state index in [4.69, 9.17) is 0 Å². The summed E-state index contributed by atoms with van der Waals surface area (Å²) in [7, 11) is 0. The summed E-state index contributed by atoms with van der Waals surface area (Å²) in [5.41, 5.74) is 3.91. The summed E-state index contributed by atoms with van der Waals surface area (Å²) in [5.74, 6) is 3.78. The number of fused-ring (bicyclic) bond motifs is 4. The molecule has 0 aromatic carbocycles. The molecule has 0 spiro atoms. The van der Waals surface area contributed by atoms with Gasteiger partial charge in [-0.1, -0.05) is 85.5 Å². The lowest BCUT2D eigenvalue weighted by Crippen LogP contribution is -2.54. The highest BCUT2D eigenvalue weighted by Gasteiger charge is 2.58.